The average molecular weight is 363 g/mol. The molecule has 0 spiro atoms. The van der Waals surface area contributed by atoms with Crippen LogP contribution in [-0.2, 0) is 0 Å². The van der Waals surface area contributed by atoms with E-state index in [0.29, 0.717) is 11.5 Å². The molecule has 94 valence electrons. The van der Waals surface area contributed by atoms with Crippen LogP contribution in [0, 0.1) is 3.57 Å². The van der Waals surface area contributed by atoms with Gasteiger partial charge in [-0.05, 0) is 34.7 Å². The van der Waals surface area contributed by atoms with Crippen LogP contribution in [0.1, 0.15) is 0 Å². The van der Waals surface area contributed by atoms with Gasteiger partial charge in [0.05, 0.1) is 9.26 Å². The molecule has 1 aromatic carbocycles. The van der Waals surface area contributed by atoms with Crippen LogP contribution in [0.5, 0.6) is 5.75 Å². The molecule has 1 N–H and O–H groups in total. The quantitative estimate of drug-likeness (QED) is 0.846. The Bertz CT molecular complexity index is 539. The van der Waals surface area contributed by atoms with Crippen LogP contribution in [0.3, 0.4) is 0 Å². The van der Waals surface area contributed by atoms with Gasteiger partial charge in [-0.1, -0.05) is 12.1 Å². The topological polar surface area (TPSA) is 47.0 Å². The van der Waals surface area contributed by atoms with Crippen LogP contribution < -0.4 is 10.1 Å². The number of alkyl halides is 2. The molecule has 0 bridgehead atoms. The maximum Gasteiger partial charge on any atom is 0.387 e. The first-order chi connectivity index (χ1) is 8.66. The minimum atomic E-state index is -2.86. The van der Waals surface area contributed by atoms with Crippen LogP contribution >= 0.6 is 22.6 Å². The van der Waals surface area contributed by atoms with Crippen molar-refractivity contribution < 1.29 is 13.5 Å². The van der Waals surface area contributed by atoms with Crippen LogP contribution in [0.25, 0.3) is 0 Å². The molecule has 0 atom stereocenters. The molecule has 0 radical (unpaired) electrons. The molecule has 1 aromatic heterocycles. The summed E-state index contributed by atoms with van der Waals surface area (Å²) in [5, 5.41) is 2.93. The smallest absolute Gasteiger partial charge is 0.387 e. The van der Waals surface area contributed by atoms with Crippen molar-refractivity contribution >= 4 is 34.1 Å². The molecule has 2 aromatic rings. The minimum absolute atomic E-state index is 0.0712. The van der Waals surface area contributed by atoms with E-state index < -0.39 is 6.61 Å². The Hall–Kier alpha value is -1.51. The molecule has 18 heavy (non-hydrogen) atoms. The molecular formula is C11H8F2IN3O. The Morgan fingerprint density at radius 1 is 1.28 bits per heavy atom. The summed E-state index contributed by atoms with van der Waals surface area (Å²) >= 11 is 2.05. The van der Waals surface area contributed by atoms with Crippen LogP contribution in [0.15, 0.2) is 36.8 Å². The van der Waals surface area contributed by atoms with Crippen LogP contribution in [0.2, 0.25) is 0 Å². The molecule has 2 rings (SSSR count). The van der Waals surface area contributed by atoms with Crippen molar-refractivity contribution in [1.29, 1.82) is 0 Å². The van der Waals surface area contributed by atoms with E-state index in [4.69, 9.17) is 0 Å². The summed E-state index contributed by atoms with van der Waals surface area (Å²) in [4.78, 5) is 7.87. The lowest BCUT2D eigenvalue weighted by Crippen LogP contribution is -2.05. The summed E-state index contributed by atoms with van der Waals surface area (Å²) in [6.45, 7) is -2.86. The third-order valence-electron chi connectivity index (χ3n) is 2.02. The SMILES string of the molecule is FC(F)Oc1ccccc1Nc1ncncc1I. The zero-order chi connectivity index (χ0) is 13.0. The van der Waals surface area contributed by atoms with Gasteiger partial charge in [0.25, 0.3) is 0 Å². The number of hydrogen-bond donors (Lipinski definition) is 1. The van der Waals surface area contributed by atoms with Gasteiger partial charge in [0.2, 0.25) is 0 Å². The standard InChI is InChI=1S/C11H8F2IN3O/c12-11(13)18-9-4-2-1-3-8(9)17-10-7(14)5-15-6-16-10/h1-6,11H,(H,15,16,17). The lowest BCUT2D eigenvalue weighted by molar-refractivity contribution is -0.0493. The molecule has 0 aliphatic carbocycles. The largest absolute Gasteiger partial charge is 0.433 e. The minimum Gasteiger partial charge on any atom is -0.433 e. The first kappa shape index (κ1) is 12.9. The summed E-state index contributed by atoms with van der Waals surface area (Å²) in [5.74, 6) is 0.609. The number of halogens is 3. The zero-order valence-corrected chi connectivity index (χ0v) is 11.1. The number of para-hydroxylation sites is 2. The second-order valence-corrected chi connectivity index (χ2v) is 4.38. The highest BCUT2D eigenvalue weighted by Crippen LogP contribution is 2.29. The number of anilines is 2. The van der Waals surface area contributed by atoms with E-state index in [1.807, 2.05) is 22.6 Å². The molecular weight excluding hydrogens is 355 g/mol. The molecule has 0 saturated carbocycles. The monoisotopic (exact) mass is 363 g/mol. The molecule has 0 fully saturated rings. The predicted molar refractivity (Wildman–Crippen MR) is 71.1 cm³/mol. The van der Waals surface area contributed by atoms with E-state index in [2.05, 4.69) is 20.0 Å². The lowest BCUT2D eigenvalue weighted by Gasteiger charge is -2.12. The maximum absolute atomic E-state index is 12.2. The zero-order valence-electron chi connectivity index (χ0n) is 8.98. The number of aromatic nitrogens is 2. The summed E-state index contributed by atoms with van der Waals surface area (Å²) in [7, 11) is 0. The van der Waals surface area contributed by atoms with Gasteiger partial charge >= 0.3 is 6.61 Å². The van der Waals surface area contributed by atoms with Gasteiger partial charge in [0, 0.05) is 6.20 Å². The summed E-state index contributed by atoms with van der Waals surface area (Å²) < 4.78 is 29.7. The van der Waals surface area contributed by atoms with E-state index in [1.165, 1.54) is 12.4 Å². The van der Waals surface area contributed by atoms with E-state index in [9.17, 15) is 8.78 Å². The number of nitrogens with one attached hydrogen (secondary N) is 1. The molecule has 7 heteroatoms. The van der Waals surface area contributed by atoms with Gasteiger partial charge in [-0.25, -0.2) is 9.97 Å². The fraction of sp³-hybridized carbons (Fsp3) is 0.0909. The highest BCUT2D eigenvalue weighted by atomic mass is 127. The van der Waals surface area contributed by atoms with Gasteiger partial charge in [-0.3, -0.25) is 0 Å². The Morgan fingerprint density at radius 3 is 2.78 bits per heavy atom. The van der Waals surface area contributed by atoms with E-state index in [1.54, 1.807) is 24.4 Å². The number of ether oxygens (including phenoxy) is 1. The van der Waals surface area contributed by atoms with E-state index in [0.717, 1.165) is 3.57 Å². The Balaban J connectivity index is 2.26. The lowest BCUT2D eigenvalue weighted by atomic mass is 10.3. The average Bonchev–Trinajstić information content (AvgIpc) is 2.34. The highest BCUT2D eigenvalue weighted by molar-refractivity contribution is 14.1. The maximum atomic E-state index is 12.2. The third-order valence-corrected chi connectivity index (χ3v) is 2.81. The van der Waals surface area contributed by atoms with Gasteiger partial charge in [0.15, 0.2) is 0 Å². The van der Waals surface area contributed by atoms with Gasteiger partial charge in [-0.15, -0.1) is 0 Å². The van der Waals surface area contributed by atoms with E-state index in [-0.39, 0.29) is 5.75 Å². The fourth-order valence-electron chi connectivity index (χ4n) is 1.30. The van der Waals surface area contributed by atoms with Gasteiger partial charge < -0.3 is 10.1 Å². The molecule has 0 amide bonds. The molecule has 0 aliphatic rings. The number of benzene rings is 1. The van der Waals surface area contributed by atoms with Crippen molar-refractivity contribution in [1.82, 2.24) is 9.97 Å². The normalized spacial score (nSPS) is 10.4. The van der Waals surface area contributed by atoms with Crippen molar-refractivity contribution in [2.45, 2.75) is 6.61 Å². The Labute approximate surface area is 116 Å². The molecule has 0 saturated heterocycles. The fourth-order valence-corrected chi connectivity index (χ4v) is 1.74. The van der Waals surface area contributed by atoms with Crippen LogP contribution in [0.4, 0.5) is 20.3 Å². The molecule has 0 aliphatic heterocycles. The second kappa shape index (κ2) is 5.89. The van der Waals surface area contributed by atoms with Crippen LogP contribution in [-0.4, -0.2) is 16.6 Å². The highest BCUT2D eigenvalue weighted by Gasteiger charge is 2.10. The molecule has 4 nitrogen and oxygen atoms in total. The summed E-state index contributed by atoms with van der Waals surface area (Å²) in [6.07, 6.45) is 2.99. The number of hydrogen-bond acceptors (Lipinski definition) is 4. The first-order valence-corrected chi connectivity index (χ1v) is 6.01. The Kier molecular flexibility index (Phi) is 4.24. The molecule has 0 unspecified atom stereocenters. The van der Waals surface area contributed by atoms with Gasteiger partial charge in [-0.2, -0.15) is 8.78 Å². The van der Waals surface area contributed by atoms with Crippen molar-refractivity contribution in [3.05, 3.63) is 40.4 Å². The van der Waals surface area contributed by atoms with Crippen molar-refractivity contribution in [3.63, 3.8) is 0 Å². The van der Waals surface area contributed by atoms with Crippen molar-refractivity contribution in [2.75, 3.05) is 5.32 Å². The first-order valence-electron chi connectivity index (χ1n) is 4.93. The number of rotatable bonds is 4. The van der Waals surface area contributed by atoms with Crippen molar-refractivity contribution in [2.24, 2.45) is 0 Å². The molecule has 1 heterocycles. The summed E-state index contributed by atoms with van der Waals surface area (Å²) in [6, 6.07) is 6.43. The Morgan fingerprint density at radius 2 is 2.06 bits per heavy atom. The third kappa shape index (κ3) is 3.25. The summed E-state index contributed by atoms with van der Waals surface area (Å²) in [5.41, 5.74) is 0.425. The predicted octanol–water partition coefficient (Wildman–Crippen LogP) is 3.43. The van der Waals surface area contributed by atoms with Crippen molar-refractivity contribution in [3.8, 4) is 5.75 Å². The van der Waals surface area contributed by atoms with E-state index >= 15 is 0 Å². The second-order valence-electron chi connectivity index (χ2n) is 3.22. The number of nitrogens with zero attached hydrogens (tertiary/aromatic N) is 2. The van der Waals surface area contributed by atoms with Gasteiger partial charge in [0.1, 0.15) is 17.9 Å².